The van der Waals surface area contributed by atoms with Gasteiger partial charge >= 0.3 is 0 Å². The molecule has 25 heavy (non-hydrogen) atoms. The van der Waals surface area contributed by atoms with Gasteiger partial charge in [0.1, 0.15) is 0 Å². The number of benzene rings is 1. The molecule has 1 saturated carbocycles. The van der Waals surface area contributed by atoms with Crippen LogP contribution in [0.15, 0.2) is 28.8 Å². The van der Waals surface area contributed by atoms with E-state index in [4.69, 9.17) is 10.3 Å². The number of carbonyl (C=O) groups is 1. The molecule has 0 spiro atoms. The average Bonchev–Trinajstić information content (AvgIpc) is 3.26. The number of rotatable bonds is 6. The van der Waals surface area contributed by atoms with Gasteiger partial charge in [0.05, 0.1) is 0 Å². The van der Waals surface area contributed by atoms with Gasteiger partial charge in [-0.05, 0) is 25.3 Å². The van der Waals surface area contributed by atoms with E-state index in [1.807, 2.05) is 31.2 Å². The van der Waals surface area contributed by atoms with Crippen LogP contribution in [0, 0.1) is 5.92 Å². The van der Waals surface area contributed by atoms with Gasteiger partial charge in [-0.3, -0.25) is 4.79 Å². The molecule has 2 aromatic rings. The SMILES string of the molecule is CC(Cc1nc(-c2ccc(CN)cc2)no1)NC(=O)C1CCCC1.Cl. The van der Waals surface area contributed by atoms with Crippen molar-refractivity contribution in [2.24, 2.45) is 11.7 Å². The van der Waals surface area contributed by atoms with Crippen LogP contribution < -0.4 is 11.1 Å². The first-order chi connectivity index (χ1) is 11.7. The number of nitrogens with one attached hydrogen (secondary N) is 1. The highest BCUT2D eigenvalue weighted by atomic mass is 35.5. The predicted octanol–water partition coefficient (Wildman–Crippen LogP) is 2.85. The molecule has 1 amide bonds. The maximum atomic E-state index is 12.1. The molecule has 1 aromatic heterocycles. The van der Waals surface area contributed by atoms with Gasteiger partial charge in [0.25, 0.3) is 0 Å². The Bertz CT molecular complexity index is 681. The molecule has 0 saturated heterocycles. The topological polar surface area (TPSA) is 94.0 Å². The first-order valence-electron chi connectivity index (χ1n) is 8.58. The predicted molar refractivity (Wildman–Crippen MR) is 98.1 cm³/mol. The molecule has 1 aliphatic carbocycles. The van der Waals surface area contributed by atoms with E-state index < -0.39 is 0 Å². The normalized spacial score (nSPS) is 15.6. The zero-order chi connectivity index (χ0) is 16.9. The van der Waals surface area contributed by atoms with Crippen LogP contribution in [-0.4, -0.2) is 22.1 Å². The van der Waals surface area contributed by atoms with Crippen LogP contribution in [0.5, 0.6) is 0 Å². The largest absolute Gasteiger partial charge is 0.353 e. The van der Waals surface area contributed by atoms with Crippen LogP contribution in [0.1, 0.15) is 44.1 Å². The summed E-state index contributed by atoms with van der Waals surface area (Å²) in [7, 11) is 0. The van der Waals surface area contributed by atoms with Crippen molar-refractivity contribution < 1.29 is 9.32 Å². The quantitative estimate of drug-likeness (QED) is 0.821. The van der Waals surface area contributed by atoms with E-state index in [2.05, 4.69) is 15.5 Å². The van der Waals surface area contributed by atoms with Gasteiger partial charge in [-0.1, -0.05) is 42.3 Å². The van der Waals surface area contributed by atoms with E-state index in [9.17, 15) is 4.79 Å². The minimum Gasteiger partial charge on any atom is -0.353 e. The van der Waals surface area contributed by atoms with E-state index in [1.165, 1.54) is 0 Å². The Labute approximate surface area is 154 Å². The molecule has 1 aromatic carbocycles. The Balaban J connectivity index is 0.00000225. The Hall–Kier alpha value is -1.92. The fraction of sp³-hybridized carbons (Fsp3) is 0.500. The Kier molecular flexibility index (Phi) is 6.96. The van der Waals surface area contributed by atoms with Crippen molar-refractivity contribution in [1.29, 1.82) is 0 Å². The average molecular weight is 365 g/mol. The van der Waals surface area contributed by atoms with Crippen LogP contribution >= 0.6 is 12.4 Å². The third-order valence-electron chi connectivity index (χ3n) is 4.51. The van der Waals surface area contributed by atoms with Crippen LogP contribution in [0.25, 0.3) is 11.4 Å². The van der Waals surface area contributed by atoms with Gasteiger partial charge < -0.3 is 15.6 Å². The number of hydrogen-bond donors (Lipinski definition) is 2. The molecule has 0 radical (unpaired) electrons. The zero-order valence-electron chi connectivity index (χ0n) is 14.4. The van der Waals surface area contributed by atoms with E-state index in [1.54, 1.807) is 0 Å². The molecule has 3 rings (SSSR count). The first kappa shape index (κ1) is 19.4. The van der Waals surface area contributed by atoms with Gasteiger partial charge in [-0.25, -0.2) is 0 Å². The van der Waals surface area contributed by atoms with Gasteiger partial charge in [-0.15, -0.1) is 12.4 Å². The first-order valence-corrected chi connectivity index (χ1v) is 8.58. The smallest absolute Gasteiger partial charge is 0.229 e. The lowest BCUT2D eigenvalue weighted by atomic mass is 10.1. The summed E-state index contributed by atoms with van der Waals surface area (Å²) in [5.41, 5.74) is 7.55. The summed E-state index contributed by atoms with van der Waals surface area (Å²) < 4.78 is 5.32. The summed E-state index contributed by atoms with van der Waals surface area (Å²) in [5, 5.41) is 7.08. The number of carbonyl (C=O) groups excluding carboxylic acids is 1. The van der Waals surface area contributed by atoms with Crippen LogP contribution in [-0.2, 0) is 17.8 Å². The van der Waals surface area contributed by atoms with E-state index in [0.717, 1.165) is 36.8 Å². The minimum atomic E-state index is -0.0222. The summed E-state index contributed by atoms with van der Waals surface area (Å²) in [6.07, 6.45) is 4.85. The number of hydrogen-bond acceptors (Lipinski definition) is 5. The molecular formula is C18H25ClN4O2. The third kappa shape index (κ3) is 5.03. The van der Waals surface area contributed by atoms with Gasteiger partial charge in [-0.2, -0.15) is 4.98 Å². The molecule has 136 valence electrons. The molecule has 1 atom stereocenters. The molecule has 1 fully saturated rings. The molecule has 1 heterocycles. The lowest BCUT2D eigenvalue weighted by molar-refractivity contribution is -0.125. The lowest BCUT2D eigenvalue weighted by Crippen LogP contribution is -2.37. The zero-order valence-corrected chi connectivity index (χ0v) is 15.2. The second kappa shape index (κ2) is 8.97. The highest BCUT2D eigenvalue weighted by Crippen LogP contribution is 2.25. The number of amides is 1. The molecule has 0 aliphatic heterocycles. The summed E-state index contributed by atoms with van der Waals surface area (Å²) in [6.45, 7) is 2.47. The molecule has 6 nitrogen and oxygen atoms in total. The van der Waals surface area contributed by atoms with Crippen molar-refractivity contribution in [2.75, 3.05) is 0 Å². The van der Waals surface area contributed by atoms with Crippen molar-refractivity contribution in [2.45, 2.75) is 51.6 Å². The van der Waals surface area contributed by atoms with Crippen molar-refractivity contribution in [3.05, 3.63) is 35.7 Å². The van der Waals surface area contributed by atoms with Gasteiger partial charge in [0.2, 0.25) is 17.6 Å². The van der Waals surface area contributed by atoms with Gasteiger partial charge in [0.15, 0.2) is 0 Å². The Morgan fingerprint density at radius 2 is 2.00 bits per heavy atom. The monoisotopic (exact) mass is 364 g/mol. The molecule has 3 N–H and O–H groups in total. The summed E-state index contributed by atoms with van der Waals surface area (Å²) in [6, 6.07) is 7.75. The number of halogens is 1. The van der Waals surface area contributed by atoms with Crippen LogP contribution in [0.2, 0.25) is 0 Å². The second-order valence-electron chi connectivity index (χ2n) is 6.51. The van der Waals surface area contributed by atoms with Gasteiger partial charge in [0, 0.05) is 30.5 Å². The Morgan fingerprint density at radius 3 is 2.64 bits per heavy atom. The molecule has 1 unspecified atom stereocenters. The number of nitrogens with zero attached hydrogens (tertiary/aromatic N) is 2. The maximum Gasteiger partial charge on any atom is 0.229 e. The molecule has 7 heteroatoms. The van der Waals surface area contributed by atoms with E-state index in [0.29, 0.717) is 24.7 Å². The highest BCUT2D eigenvalue weighted by molar-refractivity contribution is 5.85. The fourth-order valence-corrected chi connectivity index (χ4v) is 3.11. The maximum absolute atomic E-state index is 12.1. The standard InChI is InChI=1S/C18H24N4O2.ClH/c1-12(20-18(23)15-4-2-3-5-15)10-16-21-17(22-24-16)14-8-6-13(11-19)7-9-14;/h6-9,12,15H,2-5,10-11,19H2,1H3,(H,20,23);1H. The second-order valence-corrected chi connectivity index (χ2v) is 6.51. The summed E-state index contributed by atoms with van der Waals surface area (Å²) >= 11 is 0. The minimum absolute atomic E-state index is 0. The number of nitrogens with two attached hydrogens (primary N) is 1. The number of aromatic nitrogens is 2. The van der Waals surface area contributed by atoms with Crippen molar-refractivity contribution in [1.82, 2.24) is 15.5 Å². The van der Waals surface area contributed by atoms with Crippen LogP contribution in [0.4, 0.5) is 0 Å². The van der Waals surface area contributed by atoms with Crippen molar-refractivity contribution in [3.8, 4) is 11.4 Å². The fourth-order valence-electron chi connectivity index (χ4n) is 3.11. The summed E-state index contributed by atoms with van der Waals surface area (Å²) in [5.74, 6) is 1.42. The summed E-state index contributed by atoms with van der Waals surface area (Å²) in [4.78, 5) is 16.6. The van der Waals surface area contributed by atoms with E-state index in [-0.39, 0.29) is 30.3 Å². The van der Waals surface area contributed by atoms with Crippen molar-refractivity contribution >= 4 is 18.3 Å². The third-order valence-corrected chi connectivity index (χ3v) is 4.51. The van der Waals surface area contributed by atoms with Crippen LogP contribution in [0.3, 0.4) is 0 Å². The highest BCUT2D eigenvalue weighted by Gasteiger charge is 2.24. The lowest BCUT2D eigenvalue weighted by Gasteiger charge is -2.15. The van der Waals surface area contributed by atoms with E-state index >= 15 is 0 Å². The Morgan fingerprint density at radius 1 is 1.32 bits per heavy atom. The van der Waals surface area contributed by atoms with Crippen molar-refractivity contribution in [3.63, 3.8) is 0 Å². The molecule has 1 aliphatic rings. The molecule has 0 bridgehead atoms. The molecular weight excluding hydrogens is 340 g/mol.